The lowest BCUT2D eigenvalue weighted by Gasteiger charge is -2.14. The fourth-order valence-electron chi connectivity index (χ4n) is 3.58. The maximum absolute atomic E-state index is 12.5. The van der Waals surface area contributed by atoms with Gasteiger partial charge in [0.1, 0.15) is 11.6 Å². The zero-order valence-corrected chi connectivity index (χ0v) is 16.0. The molecule has 1 aromatic carbocycles. The van der Waals surface area contributed by atoms with Crippen LogP contribution in [0.3, 0.4) is 0 Å². The minimum absolute atomic E-state index is 0.0154. The van der Waals surface area contributed by atoms with Gasteiger partial charge in [-0.1, -0.05) is 45.0 Å². The van der Waals surface area contributed by atoms with Crippen LogP contribution in [0.4, 0.5) is 5.82 Å². The SMILES string of the molecule is CCC(C)C(=O)C1CC1(C)c1ccc(-c2cnc(N)c(C=NC)c2)cc1. The number of nitrogens with two attached hydrogens (primary N) is 1. The van der Waals surface area contributed by atoms with E-state index < -0.39 is 0 Å². The predicted molar refractivity (Wildman–Crippen MR) is 108 cm³/mol. The molecule has 4 heteroatoms. The monoisotopic (exact) mass is 349 g/mol. The van der Waals surface area contributed by atoms with Crippen LogP contribution < -0.4 is 5.73 Å². The summed E-state index contributed by atoms with van der Waals surface area (Å²) in [5.74, 6) is 1.20. The van der Waals surface area contributed by atoms with Crippen molar-refractivity contribution in [1.82, 2.24) is 4.98 Å². The average molecular weight is 349 g/mol. The van der Waals surface area contributed by atoms with E-state index in [1.165, 1.54) is 5.56 Å². The topological polar surface area (TPSA) is 68.3 Å². The molecule has 3 rings (SSSR count). The Labute approximate surface area is 155 Å². The van der Waals surface area contributed by atoms with Crippen LogP contribution in [0.15, 0.2) is 41.5 Å². The smallest absolute Gasteiger partial charge is 0.139 e. The van der Waals surface area contributed by atoms with Crippen molar-refractivity contribution in [3.05, 3.63) is 47.7 Å². The maximum Gasteiger partial charge on any atom is 0.139 e. The van der Waals surface area contributed by atoms with Gasteiger partial charge in [0.15, 0.2) is 0 Å². The summed E-state index contributed by atoms with van der Waals surface area (Å²) < 4.78 is 0. The number of benzene rings is 1. The number of rotatable bonds is 6. The summed E-state index contributed by atoms with van der Waals surface area (Å²) in [7, 11) is 1.72. The van der Waals surface area contributed by atoms with E-state index in [4.69, 9.17) is 5.73 Å². The van der Waals surface area contributed by atoms with Crippen LogP contribution >= 0.6 is 0 Å². The summed E-state index contributed by atoms with van der Waals surface area (Å²) in [6.07, 6.45) is 5.37. The van der Waals surface area contributed by atoms with Crippen LogP contribution in [-0.2, 0) is 10.2 Å². The Hall–Kier alpha value is -2.49. The highest BCUT2D eigenvalue weighted by Crippen LogP contribution is 2.55. The Morgan fingerprint density at radius 1 is 1.38 bits per heavy atom. The molecule has 0 amide bonds. The van der Waals surface area contributed by atoms with Crippen LogP contribution in [-0.4, -0.2) is 24.0 Å². The Kier molecular flexibility index (Phi) is 4.94. The first-order chi connectivity index (χ1) is 12.4. The van der Waals surface area contributed by atoms with Gasteiger partial charge in [-0.3, -0.25) is 9.79 Å². The van der Waals surface area contributed by atoms with Gasteiger partial charge in [0, 0.05) is 47.8 Å². The molecule has 4 nitrogen and oxygen atoms in total. The Balaban J connectivity index is 1.82. The molecule has 1 fully saturated rings. The lowest BCUT2D eigenvalue weighted by Crippen LogP contribution is -2.18. The zero-order valence-electron chi connectivity index (χ0n) is 16.0. The summed E-state index contributed by atoms with van der Waals surface area (Å²) in [6.45, 7) is 6.32. The van der Waals surface area contributed by atoms with Crippen molar-refractivity contribution in [3.63, 3.8) is 0 Å². The Morgan fingerprint density at radius 2 is 2.08 bits per heavy atom. The highest BCUT2D eigenvalue weighted by Gasteiger charge is 2.55. The van der Waals surface area contributed by atoms with Crippen molar-refractivity contribution in [2.45, 2.75) is 39.0 Å². The molecule has 0 bridgehead atoms. The number of nitrogens with zero attached hydrogens (tertiary/aromatic N) is 2. The predicted octanol–water partition coefficient (Wildman–Crippen LogP) is 4.27. The van der Waals surface area contributed by atoms with Crippen LogP contribution in [0.5, 0.6) is 0 Å². The highest BCUT2D eigenvalue weighted by molar-refractivity contribution is 5.89. The molecule has 1 saturated carbocycles. The second kappa shape index (κ2) is 7.02. The molecule has 1 heterocycles. The van der Waals surface area contributed by atoms with Gasteiger partial charge in [-0.25, -0.2) is 4.98 Å². The Bertz CT molecular complexity index is 841. The molecular formula is C22H27N3O. The van der Waals surface area contributed by atoms with E-state index in [1.54, 1.807) is 19.5 Å². The molecule has 1 aliphatic rings. The minimum Gasteiger partial charge on any atom is -0.383 e. The normalized spacial score (nSPS) is 23.2. The second-order valence-corrected chi connectivity index (χ2v) is 7.55. The lowest BCUT2D eigenvalue weighted by molar-refractivity contribution is -0.124. The van der Waals surface area contributed by atoms with Gasteiger partial charge in [-0.15, -0.1) is 0 Å². The number of anilines is 1. The van der Waals surface area contributed by atoms with Crippen LogP contribution in [0, 0.1) is 11.8 Å². The number of pyridine rings is 1. The van der Waals surface area contributed by atoms with E-state index >= 15 is 0 Å². The molecule has 3 unspecified atom stereocenters. The van der Waals surface area contributed by atoms with E-state index in [-0.39, 0.29) is 17.3 Å². The van der Waals surface area contributed by atoms with Gasteiger partial charge in [0.2, 0.25) is 0 Å². The van der Waals surface area contributed by atoms with Crippen molar-refractivity contribution in [3.8, 4) is 11.1 Å². The Morgan fingerprint density at radius 3 is 2.69 bits per heavy atom. The summed E-state index contributed by atoms with van der Waals surface area (Å²) in [6, 6.07) is 10.5. The summed E-state index contributed by atoms with van der Waals surface area (Å²) >= 11 is 0. The number of aliphatic imine (C=N–C) groups is 1. The summed E-state index contributed by atoms with van der Waals surface area (Å²) in [5.41, 5.74) is 10.0. The molecular weight excluding hydrogens is 322 g/mol. The molecule has 2 aromatic rings. The lowest BCUT2D eigenvalue weighted by atomic mass is 9.89. The third kappa shape index (κ3) is 3.28. The molecule has 0 saturated heterocycles. The van der Waals surface area contributed by atoms with Crippen LogP contribution in [0.1, 0.15) is 44.7 Å². The molecule has 1 aliphatic carbocycles. The van der Waals surface area contributed by atoms with Crippen molar-refractivity contribution in [1.29, 1.82) is 0 Å². The van der Waals surface area contributed by atoms with Gasteiger partial charge >= 0.3 is 0 Å². The van der Waals surface area contributed by atoms with Crippen molar-refractivity contribution < 1.29 is 4.79 Å². The fraction of sp³-hybridized carbons (Fsp3) is 0.409. The average Bonchev–Trinajstić information content (AvgIpc) is 3.35. The molecule has 26 heavy (non-hydrogen) atoms. The summed E-state index contributed by atoms with van der Waals surface area (Å²) in [4.78, 5) is 20.8. The number of nitrogen functional groups attached to an aromatic ring is 1. The standard InChI is InChI=1S/C22H27N3O/c1-5-14(2)20(26)19-11-22(19,3)18-8-6-15(7-9-18)16-10-17(12-24-4)21(23)25-13-16/h6-10,12-14,19H,5,11H2,1-4H3,(H2,23,25). The fourth-order valence-corrected chi connectivity index (χ4v) is 3.58. The number of hydrogen-bond acceptors (Lipinski definition) is 4. The van der Waals surface area contributed by atoms with E-state index in [0.29, 0.717) is 11.6 Å². The molecule has 2 N–H and O–H groups in total. The molecule has 0 radical (unpaired) electrons. The van der Waals surface area contributed by atoms with Crippen molar-refractivity contribution in [2.75, 3.05) is 12.8 Å². The van der Waals surface area contributed by atoms with E-state index in [2.05, 4.69) is 48.1 Å². The first kappa shape index (κ1) is 18.3. The quantitative estimate of drug-likeness (QED) is 0.792. The van der Waals surface area contributed by atoms with Crippen molar-refractivity contribution >= 4 is 17.8 Å². The number of aromatic nitrogens is 1. The third-order valence-corrected chi connectivity index (χ3v) is 5.77. The first-order valence-electron chi connectivity index (χ1n) is 9.23. The molecule has 0 aliphatic heterocycles. The van der Waals surface area contributed by atoms with E-state index in [9.17, 15) is 4.79 Å². The number of Topliss-reactive ketones (excluding diaryl/α,β-unsaturated/α-hetero) is 1. The number of hydrogen-bond donors (Lipinski definition) is 1. The van der Waals surface area contributed by atoms with Crippen molar-refractivity contribution in [2.24, 2.45) is 16.8 Å². The zero-order chi connectivity index (χ0) is 18.9. The van der Waals surface area contributed by atoms with Gasteiger partial charge < -0.3 is 5.73 Å². The van der Waals surface area contributed by atoms with Gasteiger partial charge in [-0.2, -0.15) is 0 Å². The number of carbonyl (C=O) groups is 1. The molecule has 0 spiro atoms. The van der Waals surface area contributed by atoms with Gasteiger partial charge in [0.05, 0.1) is 0 Å². The minimum atomic E-state index is -0.0154. The molecule has 136 valence electrons. The molecule has 1 aromatic heterocycles. The summed E-state index contributed by atoms with van der Waals surface area (Å²) in [5, 5.41) is 0. The van der Waals surface area contributed by atoms with Crippen LogP contribution in [0.25, 0.3) is 11.1 Å². The first-order valence-corrected chi connectivity index (χ1v) is 9.23. The number of ketones is 1. The highest BCUT2D eigenvalue weighted by atomic mass is 16.1. The molecule has 3 atom stereocenters. The largest absolute Gasteiger partial charge is 0.383 e. The van der Waals surface area contributed by atoms with Gasteiger partial charge in [-0.05, 0) is 30.0 Å². The second-order valence-electron chi connectivity index (χ2n) is 7.55. The van der Waals surface area contributed by atoms with Crippen LogP contribution in [0.2, 0.25) is 0 Å². The third-order valence-electron chi connectivity index (χ3n) is 5.77. The van der Waals surface area contributed by atoms with E-state index in [0.717, 1.165) is 29.5 Å². The van der Waals surface area contributed by atoms with E-state index in [1.807, 2.05) is 13.0 Å². The maximum atomic E-state index is 12.5. The van der Waals surface area contributed by atoms with Gasteiger partial charge in [0.25, 0.3) is 0 Å². The number of carbonyl (C=O) groups excluding carboxylic acids is 1.